The number of rotatable bonds is 1. The maximum atomic E-state index is 13.7. The van der Waals surface area contributed by atoms with E-state index >= 15 is 0 Å². The number of hydrogen-bond acceptors (Lipinski definition) is 2. The van der Waals surface area contributed by atoms with Gasteiger partial charge in [0, 0.05) is 18.1 Å². The zero-order chi connectivity index (χ0) is 15.7. The second-order valence-electron chi connectivity index (χ2n) is 5.18. The Balaban J connectivity index is 1.74. The first-order valence-electron chi connectivity index (χ1n) is 6.84. The molecular weight excluding hydrogens is 307 g/mol. The third-order valence-electron chi connectivity index (χ3n) is 3.66. The number of amides is 2. The minimum atomic E-state index is -0.573. The van der Waals surface area contributed by atoms with Crippen molar-refractivity contribution < 1.29 is 14.3 Å². The second kappa shape index (κ2) is 5.85. The average molecular weight is 321 g/mol. The van der Waals surface area contributed by atoms with E-state index in [1.807, 2.05) is 6.07 Å². The van der Waals surface area contributed by atoms with E-state index in [-0.39, 0.29) is 22.5 Å². The van der Waals surface area contributed by atoms with Crippen LogP contribution in [0.3, 0.4) is 0 Å². The van der Waals surface area contributed by atoms with E-state index in [0.29, 0.717) is 19.5 Å². The highest BCUT2D eigenvalue weighted by molar-refractivity contribution is 6.30. The Morgan fingerprint density at radius 2 is 2.05 bits per heavy atom. The Kier molecular flexibility index (Phi) is 3.90. The van der Waals surface area contributed by atoms with Crippen molar-refractivity contribution in [2.24, 2.45) is 0 Å². The summed E-state index contributed by atoms with van der Waals surface area (Å²) in [6.07, 6.45) is 0.701. The highest BCUT2D eigenvalue weighted by Gasteiger charge is 2.21. The molecule has 0 saturated carbocycles. The van der Waals surface area contributed by atoms with Gasteiger partial charge in [-0.25, -0.2) is 9.18 Å². The first kappa shape index (κ1) is 14.7. The molecule has 1 aliphatic rings. The molecule has 0 aromatic heterocycles. The van der Waals surface area contributed by atoms with E-state index in [9.17, 15) is 14.3 Å². The summed E-state index contributed by atoms with van der Waals surface area (Å²) in [7, 11) is 0. The van der Waals surface area contributed by atoms with Gasteiger partial charge in [-0.2, -0.15) is 0 Å². The second-order valence-corrected chi connectivity index (χ2v) is 5.62. The zero-order valence-electron chi connectivity index (χ0n) is 11.6. The number of fused-ring (bicyclic) bond motifs is 1. The van der Waals surface area contributed by atoms with Gasteiger partial charge in [-0.05, 0) is 47.9 Å². The number of phenols is 1. The largest absolute Gasteiger partial charge is 0.508 e. The quantitative estimate of drug-likeness (QED) is 0.840. The van der Waals surface area contributed by atoms with Crippen LogP contribution in [0.1, 0.15) is 11.1 Å². The molecule has 6 heteroatoms. The third kappa shape index (κ3) is 2.99. The van der Waals surface area contributed by atoms with Gasteiger partial charge in [-0.3, -0.25) is 0 Å². The van der Waals surface area contributed by atoms with Gasteiger partial charge in [-0.15, -0.1) is 0 Å². The smallest absolute Gasteiger partial charge is 0.322 e. The fraction of sp³-hybridized carbons (Fsp3) is 0.188. The molecule has 3 rings (SSSR count). The van der Waals surface area contributed by atoms with Crippen LogP contribution < -0.4 is 5.32 Å². The molecule has 2 N–H and O–H groups in total. The normalized spacial score (nSPS) is 13.6. The van der Waals surface area contributed by atoms with Gasteiger partial charge < -0.3 is 15.3 Å². The molecule has 1 aliphatic heterocycles. The number of anilines is 1. The molecular formula is C16H14ClFN2O2. The fourth-order valence-electron chi connectivity index (χ4n) is 2.50. The van der Waals surface area contributed by atoms with Gasteiger partial charge in [0.2, 0.25) is 0 Å². The predicted octanol–water partition coefficient (Wildman–Crippen LogP) is 3.77. The first-order valence-corrected chi connectivity index (χ1v) is 7.22. The number of benzene rings is 2. The van der Waals surface area contributed by atoms with Crippen molar-refractivity contribution in [1.82, 2.24) is 4.90 Å². The number of aromatic hydroxyl groups is 1. The lowest BCUT2D eigenvalue weighted by Gasteiger charge is -2.29. The SMILES string of the molecule is O=C(Nc1ccc(Cl)cc1F)N1CCc2ccc(O)cc2C1. The summed E-state index contributed by atoms with van der Waals surface area (Å²) >= 11 is 5.69. The molecule has 2 aromatic rings. The summed E-state index contributed by atoms with van der Waals surface area (Å²) in [5, 5.41) is 12.3. The lowest BCUT2D eigenvalue weighted by molar-refractivity contribution is 0.206. The van der Waals surface area contributed by atoms with Crippen LogP contribution in [0.25, 0.3) is 0 Å². The molecule has 114 valence electrons. The molecule has 0 fully saturated rings. The Bertz CT molecular complexity index is 736. The lowest BCUT2D eigenvalue weighted by Crippen LogP contribution is -2.39. The molecule has 0 saturated heterocycles. The standard InChI is InChI=1S/C16H14ClFN2O2/c17-12-2-4-15(14(18)8-12)19-16(22)20-6-5-10-1-3-13(21)7-11(10)9-20/h1-4,7-8,21H,5-6,9H2,(H,19,22). The Morgan fingerprint density at radius 3 is 2.82 bits per heavy atom. The number of carbonyl (C=O) groups excluding carboxylic acids is 1. The Hall–Kier alpha value is -2.27. The van der Waals surface area contributed by atoms with Crippen molar-refractivity contribution >= 4 is 23.3 Å². The van der Waals surface area contributed by atoms with Crippen molar-refractivity contribution in [2.75, 3.05) is 11.9 Å². The van der Waals surface area contributed by atoms with Crippen molar-refractivity contribution in [3.05, 3.63) is 58.4 Å². The molecule has 1 heterocycles. The number of phenolic OH excluding ortho intramolecular Hbond substituents is 1. The topological polar surface area (TPSA) is 52.6 Å². The summed E-state index contributed by atoms with van der Waals surface area (Å²) < 4.78 is 13.7. The van der Waals surface area contributed by atoms with Gasteiger partial charge in [0.1, 0.15) is 11.6 Å². The van der Waals surface area contributed by atoms with Crippen molar-refractivity contribution in [3.63, 3.8) is 0 Å². The van der Waals surface area contributed by atoms with E-state index in [0.717, 1.165) is 17.2 Å². The van der Waals surface area contributed by atoms with Crippen LogP contribution in [0.4, 0.5) is 14.9 Å². The number of hydrogen-bond donors (Lipinski definition) is 2. The number of nitrogens with zero attached hydrogens (tertiary/aromatic N) is 1. The molecule has 0 atom stereocenters. The summed E-state index contributed by atoms with van der Waals surface area (Å²) in [6, 6.07) is 8.87. The minimum Gasteiger partial charge on any atom is -0.508 e. The van der Waals surface area contributed by atoms with Crippen LogP contribution in [-0.4, -0.2) is 22.6 Å². The molecule has 0 bridgehead atoms. The van der Waals surface area contributed by atoms with E-state index in [2.05, 4.69) is 5.32 Å². The fourth-order valence-corrected chi connectivity index (χ4v) is 2.66. The maximum Gasteiger partial charge on any atom is 0.322 e. The maximum absolute atomic E-state index is 13.7. The highest BCUT2D eigenvalue weighted by atomic mass is 35.5. The van der Waals surface area contributed by atoms with Gasteiger partial charge in [0.05, 0.1) is 5.69 Å². The van der Waals surface area contributed by atoms with Crippen molar-refractivity contribution in [2.45, 2.75) is 13.0 Å². The van der Waals surface area contributed by atoms with Crippen molar-refractivity contribution in [3.8, 4) is 5.75 Å². The molecule has 0 radical (unpaired) electrons. The van der Waals surface area contributed by atoms with Crippen molar-refractivity contribution in [1.29, 1.82) is 0 Å². The molecule has 2 amide bonds. The van der Waals surface area contributed by atoms with Crippen LogP contribution in [0.15, 0.2) is 36.4 Å². The van der Waals surface area contributed by atoms with Gasteiger partial charge >= 0.3 is 6.03 Å². The summed E-state index contributed by atoms with van der Waals surface area (Å²) in [5.74, 6) is -0.402. The summed E-state index contributed by atoms with van der Waals surface area (Å²) in [6.45, 7) is 0.920. The number of carbonyl (C=O) groups is 1. The predicted molar refractivity (Wildman–Crippen MR) is 82.6 cm³/mol. The van der Waals surface area contributed by atoms with Gasteiger partial charge in [0.15, 0.2) is 0 Å². The number of nitrogens with one attached hydrogen (secondary N) is 1. The zero-order valence-corrected chi connectivity index (χ0v) is 12.4. The van der Waals surface area contributed by atoms with Crippen LogP contribution >= 0.6 is 11.6 Å². The lowest BCUT2D eigenvalue weighted by atomic mass is 10.00. The van der Waals surface area contributed by atoms with Crippen LogP contribution in [-0.2, 0) is 13.0 Å². The number of halogens is 2. The van der Waals surface area contributed by atoms with Gasteiger partial charge in [0.25, 0.3) is 0 Å². The van der Waals surface area contributed by atoms with Crippen LogP contribution in [0, 0.1) is 5.82 Å². The summed E-state index contributed by atoms with van der Waals surface area (Å²) in [5.41, 5.74) is 2.11. The van der Waals surface area contributed by atoms with Crippen LogP contribution in [0.5, 0.6) is 5.75 Å². The van der Waals surface area contributed by atoms with E-state index < -0.39 is 5.82 Å². The molecule has 0 aliphatic carbocycles. The highest BCUT2D eigenvalue weighted by Crippen LogP contribution is 2.24. The Morgan fingerprint density at radius 1 is 1.23 bits per heavy atom. The average Bonchev–Trinajstić information content (AvgIpc) is 2.49. The van der Waals surface area contributed by atoms with E-state index in [4.69, 9.17) is 11.6 Å². The third-order valence-corrected chi connectivity index (χ3v) is 3.90. The van der Waals surface area contributed by atoms with E-state index in [1.54, 1.807) is 17.0 Å². The first-order chi connectivity index (χ1) is 10.5. The molecule has 0 spiro atoms. The molecule has 0 unspecified atom stereocenters. The number of urea groups is 1. The Labute approximate surface area is 132 Å². The molecule has 2 aromatic carbocycles. The van der Waals surface area contributed by atoms with Gasteiger partial charge in [-0.1, -0.05) is 17.7 Å². The van der Waals surface area contributed by atoms with E-state index in [1.165, 1.54) is 12.1 Å². The summed E-state index contributed by atoms with van der Waals surface area (Å²) in [4.78, 5) is 13.8. The molecule has 22 heavy (non-hydrogen) atoms. The van der Waals surface area contributed by atoms with Crippen LogP contribution in [0.2, 0.25) is 5.02 Å². The monoisotopic (exact) mass is 320 g/mol. The minimum absolute atomic E-state index is 0.0936. The molecule has 4 nitrogen and oxygen atoms in total.